The first-order chi connectivity index (χ1) is 9.33. The third-order valence-corrected chi connectivity index (χ3v) is 4.45. The average Bonchev–Trinajstić information content (AvgIpc) is 3.05. The number of guanidine groups is 1. The summed E-state index contributed by atoms with van der Waals surface area (Å²) in [6.07, 6.45) is 7.51. The zero-order valence-corrected chi connectivity index (χ0v) is 14.2. The summed E-state index contributed by atoms with van der Waals surface area (Å²) in [5.74, 6) is 1.19. The minimum absolute atomic E-state index is 0. The summed E-state index contributed by atoms with van der Waals surface area (Å²) in [5, 5.41) is 3.35. The topological polar surface area (TPSA) is 50.4 Å². The molecule has 2 aliphatic rings. The molecule has 0 radical (unpaired) electrons. The maximum atomic E-state index is 5.99. The van der Waals surface area contributed by atoms with Crippen molar-refractivity contribution in [2.24, 2.45) is 10.7 Å². The van der Waals surface area contributed by atoms with E-state index in [4.69, 9.17) is 5.73 Å². The summed E-state index contributed by atoms with van der Waals surface area (Å²) in [6, 6.07) is 9.28. The van der Waals surface area contributed by atoms with Crippen LogP contribution in [0, 0.1) is 0 Å². The summed E-state index contributed by atoms with van der Waals surface area (Å²) < 4.78 is 0. The highest BCUT2D eigenvalue weighted by Gasteiger charge is 2.21. The Morgan fingerprint density at radius 3 is 2.75 bits per heavy atom. The smallest absolute Gasteiger partial charge is 0.188 e. The molecule has 0 heterocycles. The maximum absolute atomic E-state index is 5.99. The molecule has 3 N–H and O–H groups in total. The molecule has 0 spiro atoms. The fraction of sp³-hybridized carbons (Fsp3) is 0.562. The molecule has 1 aromatic rings. The predicted octanol–water partition coefficient (Wildman–Crippen LogP) is 3.18. The largest absolute Gasteiger partial charge is 0.370 e. The van der Waals surface area contributed by atoms with Crippen LogP contribution in [0.1, 0.15) is 49.1 Å². The van der Waals surface area contributed by atoms with Crippen LogP contribution in [0.3, 0.4) is 0 Å². The molecular weight excluding hydrogens is 361 g/mol. The number of nitrogens with two attached hydrogens (primary N) is 1. The molecule has 0 bridgehead atoms. The van der Waals surface area contributed by atoms with E-state index in [2.05, 4.69) is 34.6 Å². The van der Waals surface area contributed by atoms with Gasteiger partial charge in [-0.2, -0.15) is 0 Å². The Morgan fingerprint density at radius 1 is 1.20 bits per heavy atom. The van der Waals surface area contributed by atoms with Gasteiger partial charge in [0.1, 0.15) is 0 Å². The van der Waals surface area contributed by atoms with Crippen molar-refractivity contribution in [1.29, 1.82) is 0 Å². The zero-order chi connectivity index (χ0) is 13.1. The van der Waals surface area contributed by atoms with Crippen LogP contribution in [0.2, 0.25) is 0 Å². The number of halogens is 1. The van der Waals surface area contributed by atoms with Gasteiger partial charge in [0.15, 0.2) is 5.96 Å². The van der Waals surface area contributed by atoms with E-state index in [1.54, 1.807) is 0 Å². The number of hydrogen-bond donors (Lipinski definition) is 2. The highest BCUT2D eigenvalue weighted by atomic mass is 127. The molecular formula is C16H24IN3. The number of nitrogens with one attached hydrogen (secondary N) is 1. The Hall–Kier alpha value is -0.780. The van der Waals surface area contributed by atoms with Crippen LogP contribution in [0.15, 0.2) is 29.3 Å². The fourth-order valence-electron chi connectivity index (χ4n) is 3.37. The number of benzene rings is 1. The first-order valence-corrected chi connectivity index (χ1v) is 7.47. The molecule has 3 rings (SSSR count). The standard InChI is InChI=1S/C16H23N3.HI/c17-16(19-14-6-2-3-7-14)18-11-13-10-9-12-5-1-4-8-15(12)13;/h1,4-5,8,13-14H,2-3,6-7,9-11H2,(H3,17,18,19);1H. The van der Waals surface area contributed by atoms with Gasteiger partial charge in [-0.05, 0) is 36.8 Å². The molecule has 20 heavy (non-hydrogen) atoms. The van der Waals surface area contributed by atoms with E-state index in [1.165, 1.54) is 49.7 Å². The number of hydrogen-bond acceptors (Lipinski definition) is 1. The third kappa shape index (κ3) is 3.65. The lowest BCUT2D eigenvalue weighted by atomic mass is 10.0. The van der Waals surface area contributed by atoms with Gasteiger partial charge in [0.25, 0.3) is 0 Å². The van der Waals surface area contributed by atoms with Crippen LogP contribution in [-0.2, 0) is 6.42 Å². The number of nitrogens with zero attached hydrogens (tertiary/aromatic N) is 1. The molecule has 0 amide bonds. The minimum atomic E-state index is 0. The van der Waals surface area contributed by atoms with E-state index in [1.807, 2.05) is 0 Å². The van der Waals surface area contributed by atoms with E-state index >= 15 is 0 Å². The van der Waals surface area contributed by atoms with Gasteiger partial charge in [-0.25, -0.2) is 0 Å². The van der Waals surface area contributed by atoms with Crippen LogP contribution in [-0.4, -0.2) is 18.5 Å². The molecule has 110 valence electrons. The van der Waals surface area contributed by atoms with E-state index in [9.17, 15) is 0 Å². The molecule has 4 heteroatoms. The molecule has 3 nitrogen and oxygen atoms in total. The second-order valence-electron chi connectivity index (χ2n) is 5.79. The summed E-state index contributed by atoms with van der Waals surface area (Å²) >= 11 is 0. The average molecular weight is 385 g/mol. The zero-order valence-electron chi connectivity index (χ0n) is 11.8. The number of rotatable bonds is 3. The van der Waals surface area contributed by atoms with Crippen LogP contribution in [0.25, 0.3) is 0 Å². The molecule has 2 aliphatic carbocycles. The van der Waals surface area contributed by atoms with E-state index in [0.717, 1.165) is 6.54 Å². The van der Waals surface area contributed by atoms with Gasteiger partial charge in [-0.3, -0.25) is 4.99 Å². The van der Waals surface area contributed by atoms with Crippen molar-refractivity contribution < 1.29 is 0 Å². The Labute approximate surface area is 138 Å². The van der Waals surface area contributed by atoms with Crippen LogP contribution in [0.5, 0.6) is 0 Å². The molecule has 1 saturated carbocycles. The third-order valence-electron chi connectivity index (χ3n) is 4.45. The molecule has 1 unspecified atom stereocenters. The second-order valence-corrected chi connectivity index (χ2v) is 5.79. The normalized spacial score (nSPS) is 22.4. The molecule has 1 aromatic carbocycles. The number of aliphatic imine (C=N–C) groups is 1. The maximum Gasteiger partial charge on any atom is 0.188 e. The second kappa shape index (κ2) is 7.29. The minimum Gasteiger partial charge on any atom is -0.370 e. The van der Waals surface area contributed by atoms with Gasteiger partial charge in [0.05, 0.1) is 0 Å². The van der Waals surface area contributed by atoms with Crippen LogP contribution < -0.4 is 11.1 Å². The van der Waals surface area contributed by atoms with Gasteiger partial charge in [0, 0.05) is 18.5 Å². The first kappa shape index (κ1) is 15.6. The monoisotopic (exact) mass is 385 g/mol. The lowest BCUT2D eigenvalue weighted by molar-refractivity contribution is 0.620. The van der Waals surface area contributed by atoms with Crippen molar-refractivity contribution in [3.05, 3.63) is 35.4 Å². The van der Waals surface area contributed by atoms with E-state index in [-0.39, 0.29) is 24.0 Å². The predicted molar refractivity (Wildman–Crippen MR) is 94.8 cm³/mol. The summed E-state index contributed by atoms with van der Waals surface area (Å²) in [5.41, 5.74) is 8.95. The fourth-order valence-corrected chi connectivity index (χ4v) is 3.37. The Balaban J connectivity index is 0.00000147. The van der Waals surface area contributed by atoms with Gasteiger partial charge >= 0.3 is 0 Å². The van der Waals surface area contributed by atoms with Crippen LogP contribution in [0.4, 0.5) is 0 Å². The molecule has 0 saturated heterocycles. The van der Waals surface area contributed by atoms with E-state index in [0.29, 0.717) is 17.9 Å². The van der Waals surface area contributed by atoms with Gasteiger partial charge < -0.3 is 11.1 Å². The molecule has 1 atom stereocenters. The van der Waals surface area contributed by atoms with Crippen LogP contribution >= 0.6 is 24.0 Å². The lowest BCUT2D eigenvalue weighted by Gasteiger charge is -2.14. The Bertz CT molecular complexity index is 467. The Morgan fingerprint density at radius 2 is 1.95 bits per heavy atom. The molecule has 0 aliphatic heterocycles. The van der Waals surface area contributed by atoms with E-state index < -0.39 is 0 Å². The summed E-state index contributed by atoms with van der Waals surface area (Å²) in [6.45, 7) is 0.822. The SMILES string of the molecule is I.NC(=NCC1CCc2ccccc21)NC1CCCC1. The highest BCUT2D eigenvalue weighted by Crippen LogP contribution is 2.32. The quantitative estimate of drug-likeness (QED) is 0.477. The lowest BCUT2D eigenvalue weighted by Crippen LogP contribution is -2.38. The van der Waals surface area contributed by atoms with Gasteiger partial charge in [-0.15, -0.1) is 24.0 Å². The van der Waals surface area contributed by atoms with Crippen molar-refractivity contribution in [2.45, 2.75) is 50.5 Å². The first-order valence-electron chi connectivity index (χ1n) is 7.47. The van der Waals surface area contributed by atoms with Gasteiger partial charge in [0.2, 0.25) is 0 Å². The van der Waals surface area contributed by atoms with Crippen molar-refractivity contribution in [2.75, 3.05) is 6.54 Å². The Kier molecular flexibility index (Phi) is 5.69. The number of aryl methyl sites for hydroxylation is 1. The van der Waals surface area contributed by atoms with Gasteiger partial charge in [-0.1, -0.05) is 37.1 Å². The summed E-state index contributed by atoms with van der Waals surface area (Å²) in [7, 11) is 0. The summed E-state index contributed by atoms with van der Waals surface area (Å²) in [4.78, 5) is 4.55. The van der Waals surface area contributed by atoms with Crippen molar-refractivity contribution >= 4 is 29.9 Å². The van der Waals surface area contributed by atoms with Crippen molar-refractivity contribution in [1.82, 2.24) is 5.32 Å². The molecule has 0 aromatic heterocycles. The van der Waals surface area contributed by atoms with Crippen molar-refractivity contribution in [3.8, 4) is 0 Å². The van der Waals surface area contributed by atoms with Crippen molar-refractivity contribution in [3.63, 3.8) is 0 Å². The highest BCUT2D eigenvalue weighted by molar-refractivity contribution is 14.0. The molecule has 1 fully saturated rings. The number of fused-ring (bicyclic) bond motifs is 1.